The highest BCUT2D eigenvalue weighted by Crippen LogP contribution is 2.24. The molecule has 3 nitrogen and oxygen atoms in total. The van der Waals surface area contributed by atoms with Gasteiger partial charge in [0.1, 0.15) is 0 Å². The lowest BCUT2D eigenvalue weighted by Gasteiger charge is -2.46. The Hall–Kier alpha value is 0.0969. The molecular weight excluding hydrogens is 240 g/mol. The standard InChI is InChI=1S/C14H34N2OSi/c1-7-13-17-18(14-8-2,15(9-3)10-4)16(11-5)12-6/h7-14H2,1-6H3. The molecule has 110 valence electrons. The number of rotatable bonds is 11. The first-order valence-corrected chi connectivity index (χ1v) is 9.81. The molecule has 0 atom stereocenters. The van der Waals surface area contributed by atoms with Crippen LogP contribution < -0.4 is 0 Å². The Kier molecular flexibility index (Phi) is 10.0. The van der Waals surface area contributed by atoms with Crippen LogP contribution in [-0.4, -0.2) is 50.6 Å². The molecule has 0 saturated heterocycles. The molecule has 0 heterocycles. The van der Waals surface area contributed by atoms with Gasteiger partial charge in [0, 0.05) is 6.61 Å². The first-order valence-electron chi connectivity index (χ1n) is 7.80. The number of hydrogen-bond acceptors (Lipinski definition) is 3. The molecule has 0 rings (SSSR count). The predicted molar refractivity (Wildman–Crippen MR) is 82.9 cm³/mol. The van der Waals surface area contributed by atoms with Gasteiger partial charge < -0.3 is 4.43 Å². The minimum absolute atomic E-state index is 0.902. The summed E-state index contributed by atoms with van der Waals surface area (Å²) in [4.78, 5) is 0. The van der Waals surface area contributed by atoms with Gasteiger partial charge in [-0.3, -0.25) is 9.13 Å². The molecule has 0 amide bonds. The minimum atomic E-state index is -1.91. The summed E-state index contributed by atoms with van der Waals surface area (Å²) in [6.07, 6.45) is 2.32. The third-order valence-electron chi connectivity index (χ3n) is 3.63. The van der Waals surface area contributed by atoms with E-state index in [9.17, 15) is 0 Å². The van der Waals surface area contributed by atoms with E-state index < -0.39 is 8.64 Å². The second-order valence-electron chi connectivity index (χ2n) is 4.69. The summed E-state index contributed by atoms with van der Waals surface area (Å²) in [7, 11) is -1.91. The molecule has 0 radical (unpaired) electrons. The Balaban J connectivity index is 5.22. The fourth-order valence-corrected chi connectivity index (χ4v) is 7.50. The lowest BCUT2D eigenvalue weighted by atomic mass is 10.5. The fourth-order valence-electron chi connectivity index (χ4n) is 2.80. The molecule has 0 aromatic rings. The first kappa shape index (κ1) is 18.1. The van der Waals surface area contributed by atoms with Crippen LogP contribution in [0, 0.1) is 0 Å². The Bertz CT molecular complexity index is 182. The Morgan fingerprint density at radius 3 is 1.44 bits per heavy atom. The second-order valence-corrected chi connectivity index (χ2v) is 8.23. The SMILES string of the molecule is CCCO[Si](CCC)(N(CC)CC)N(CC)CC. The molecule has 0 aliphatic rings. The summed E-state index contributed by atoms with van der Waals surface area (Å²) in [6, 6.07) is 1.22. The Morgan fingerprint density at radius 1 is 0.722 bits per heavy atom. The van der Waals surface area contributed by atoms with E-state index in [4.69, 9.17) is 4.43 Å². The van der Waals surface area contributed by atoms with E-state index in [0.717, 1.165) is 39.2 Å². The normalized spacial score (nSPS) is 12.7. The lowest BCUT2D eigenvalue weighted by molar-refractivity contribution is 0.175. The smallest absolute Gasteiger partial charge is 0.357 e. The van der Waals surface area contributed by atoms with Crippen LogP contribution in [0.1, 0.15) is 54.4 Å². The maximum absolute atomic E-state index is 6.50. The van der Waals surface area contributed by atoms with Gasteiger partial charge in [0.25, 0.3) is 0 Å². The molecule has 4 heteroatoms. The van der Waals surface area contributed by atoms with Crippen LogP contribution in [0.15, 0.2) is 0 Å². The van der Waals surface area contributed by atoms with Crippen molar-refractivity contribution in [2.24, 2.45) is 0 Å². The summed E-state index contributed by atoms with van der Waals surface area (Å²) in [5, 5.41) is 0. The summed E-state index contributed by atoms with van der Waals surface area (Å²) in [5.74, 6) is 0. The molecule has 0 spiro atoms. The third-order valence-corrected chi connectivity index (χ3v) is 8.69. The first-order chi connectivity index (χ1) is 8.66. The van der Waals surface area contributed by atoms with Crippen molar-refractivity contribution in [3.05, 3.63) is 0 Å². The highest BCUT2D eigenvalue weighted by molar-refractivity contribution is 6.68. The zero-order valence-electron chi connectivity index (χ0n) is 13.5. The zero-order chi connectivity index (χ0) is 14.0. The molecular formula is C14H34N2OSi. The van der Waals surface area contributed by atoms with Crippen LogP contribution in [-0.2, 0) is 4.43 Å². The topological polar surface area (TPSA) is 15.7 Å². The highest BCUT2D eigenvalue weighted by Gasteiger charge is 2.45. The fraction of sp³-hybridized carbons (Fsp3) is 1.00. The molecule has 18 heavy (non-hydrogen) atoms. The van der Waals surface area contributed by atoms with Crippen LogP contribution in [0.5, 0.6) is 0 Å². The van der Waals surface area contributed by atoms with Crippen LogP contribution in [0.2, 0.25) is 6.04 Å². The van der Waals surface area contributed by atoms with Crippen LogP contribution in [0.25, 0.3) is 0 Å². The largest absolute Gasteiger partial charge is 0.391 e. The van der Waals surface area contributed by atoms with Gasteiger partial charge in [0.15, 0.2) is 0 Å². The van der Waals surface area contributed by atoms with Crippen molar-refractivity contribution in [1.82, 2.24) is 9.13 Å². The molecule has 0 bridgehead atoms. The van der Waals surface area contributed by atoms with E-state index in [1.54, 1.807) is 0 Å². The molecule has 0 aliphatic carbocycles. The number of hydrogen-bond donors (Lipinski definition) is 0. The van der Waals surface area contributed by atoms with Gasteiger partial charge >= 0.3 is 8.64 Å². The van der Waals surface area contributed by atoms with Gasteiger partial charge in [-0.1, -0.05) is 48.0 Å². The van der Waals surface area contributed by atoms with E-state index >= 15 is 0 Å². The quantitative estimate of drug-likeness (QED) is 0.537. The van der Waals surface area contributed by atoms with Gasteiger partial charge in [-0.2, -0.15) is 0 Å². The molecule has 0 fully saturated rings. The maximum atomic E-state index is 6.50. The van der Waals surface area contributed by atoms with Crippen molar-refractivity contribution >= 4 is 8.64 Å². The van der Waals surface area contributed by atoms with Gasteiger partial charge in [-0.05, 0) is 38.6 Å². The highest BCUT2D eigenvalue weighted by atomic mass is 28.4. The van der Waals surface area contributed by atoms with E-state index in [-0.39, 0.29) is 0 Å². The molecule has 0 aromatic carbocycles. The van der Waals surface area contributed by atoms with Crippen molar-refractivity contribution in [3.63, 3.8) is 0 Å². The van der Waals surface area contributed by atoms with Gasteiger partial charge in [0.2, 0.25) is 0 Å². The molecule has 0 aromatic heterocycles. The molecule has 0 N–H and O–H groups in total. The van der Waals surface area contributed by atoms with Crippen LogP contribution in [0.4, 0.5) is 0 Å². The predicted octanol–water partition coefficient (Wildman–Crippen LogP) is 3.45. The van der Waals surface area contributed by atoms with E-state index in [1.807, 2.05) is 0 Å². The van der Waals surface area contributed by atoms with Gasteiger partial charge in [-0.25, -0.2) is 0 Å². The van der Waals surface area contributed by atoms with Crippen LogP contribution in [0.3, 0.4) is 0 Å². The van der Waals surface area contributed by atoms with Gasteiger partial charge in [-0.15, -0.1) is 0 Å². The van der Waals surface area contributed by atoms with Crippen molar-refractivity contribution < 1.29 is 4.43 Å². The van der Waals surface area contributed by atoms with Crippen molar-refractivity contribution in [3.8, 4) is 0 Å². The average Bonchev–Trinajstić information content (AvgIpc) is 2.39. The maximum Gasteiger partial charge on any atom is 0.357 e. The minimum Gasteiger partial charge on any atom is -0.391 e. The van der Waals surface area contributed by atoms with Crippen molar-refractivity contribution in [2.45, 2.75) is 60.4 Å². The molecule has 0 saturated carbocycles. The molecule has 0 aliphatic heterocycles. The lowest BCUT2D eigenvalue weighted by Crippen LogP contribution is -2.67. The summed E-state index contributed by atoms with van der Waals surface area (Å²) in [5.41, 5.74) is 0. The van der Waals surface area contributed by atoms with E-state index in [0.29, 0.717) is 0 Å². The van der Waals surface area contributed by atoms with Crippen LogP contribution >= 0.6 is 0 Å². The third kappa shape index (κ3) is 4.33. The Morgan fingerprint density at radius 2 is 1.17 bits per heavy atom. The zero-order valence-corrected chi connectivity index (χ0v) is 14.5. The van der Waals surface area contributed by atoms with Crippen molar-refractivity contribution in [2.75, 3.05) is 32.8 Å². The summed E-state index contributed by atoms with van der Waals surface area (Å²) < 4.78 is 11.7. The summed E-state index contributed by atoms with van der Waals surface area (Å²) in [6.45, 7) is 18.8. The second kappa shape index (κ2) is 9.95. The van der Waals surface area contributed by atoms with Gasteiger partial charge in [0.05, 0.1) is 0 Å². The average molecular weight is 275 g/mol. The number of nitrogens with zero attached hydrogens (tertiary/aromatic N) is 2. The van der Waals surface area contributed by atoms with E-state index in [1.165, 1.54) is 12.5 Å². The molecule has 0 unspecified atom stereocenters. The van der Waals surface area contributed by atoms with E-state index in [2.05, 4.69) is 50.7 Å². The summed E-state index contributed by atoms with van der Waals surface area (Å²) >= 11 is 0. The Labute approximate surface area is 116 Å². The van der Waals surface area contributed by atoms with Crippen molar-refractivity contribution in [1.29, 1.82) is 0 Å². The monoisotopic (exact) mass is 274 g/mol.